The van der Waals surface area contributed by atoms with Crippen LogP contribution in [0.15, 0.2) is 41.0 Å². The van der Waals surface area contributed by atoms with Gasteiger partial charge in [-0.2, -0.15) is 0 Å². The second-order valence-electron chi connectivity index (χ2n) is 5.85. The van der Waals surface area contributed by atoms with Crippen molar-refractivity contribution in [1.82, 2.24) is 0 Å². The number of ether oxygens (including phenoxy) is 6. The highest BCUT2D eigenvalue weighted by Gasteiger charge is 2.27. The SMILES string of the molecule is COc1ccc(OC)c(C2=NC(=Cc3cc(OC)c(OC)cc3OC)C(=O)O2)c1. The zero-order valence-electron chi connectivity index (χ0n) is 16.8. The fourth-order valence-electron chi connectivity index (χ4n) is 2.82. The highest BCUT2D eigenvalue weighted by Crippen LogP contribution is 2.36. The predicted molar refractivity (Wildman–Crippen MR) is 106 cm³/mol. The van der Waals surface area contributed by atoms with Crippen molar-refractivity contribution in [3.63, 3.8) is 0 Å². The molecular formula is C21H21NO7. The molecule has 0 aliphatic carbocycles. The van der Waals surface area contributed by atoms with Gasteiger partial charge in [0.2, 0.25) is 5.90 Å². The average molecular weight is 399 g/mol. The summed E-state index contributed by atoms with van der Waals surface area (Å²) in [6.07, 6.45) is 1.56. The monoisotopic (exact) mass is 399 g/mol. The standard InChI is InChI=1S/C21H21NO7/c1-24-13-6-7-16(25-2)14(10-13)20-22-15(21(23)29-20)8-12-9-18(27-4)19(28-5)11-17(12)26-3/h6-11H,1-5H3. The lowest BCUT2D eigenvalue weighted by molar-refractivity contribution is -0.129. The van der Waals surface area contributed by atoms with E-state index in [1.807, 2.05) is 0 Å². The fraction of sp³-hybridized carbons (Fsp3) is 0.238. The number of cyclic esters (lactones) is 1. The summed E-state index contributed by atoms with van der Waals surface area (Å²) in [5, 5.41) is 0. The molecule has 152 valence electrons. The molecule has 8 nitrogen and oxygen atoms in total. The summed E-state index contributed by atoms with van der Waals surface area (Å²) in [6.45, 7) is 0. The van der Waals surface area contributed by atoms with Crippen LogP contribution in [-0.2, 0) is 9.53 Å². The number of carbonyl (C=O) groups excluding carboxylic acids is 1. The molecule has 0 bridgehead atoms. The number of benzene rings is 2. The van der Waals surface area contributed by atoms with Crippen LogP contribution in [0.5, 0.6) is 28.7 Å². The van der Waals surface area contributed by atoms with E-state index >= 15 is 0 Å². The van der Waals surface area contributed by atoms with Crippen LogP contribution in [0.2, 0.25) is 0 Å². The molecule has 8 heteroatoms. The van der Waals surface area contributed by atoms with Gasteiger partial charge in [0.15, 0.2) is 17.2 Å². The zero-order chi connectivity index (χ0) is 21.0. The summed E-state index contributed by atoms with van der Waals surface area (Å²) >= 11 is 0. The van der Waals surface area contributed by atoms with Gasteiger partial charge in [0.05, 0.1) is 41.1 Å². The molecule has 0 unspecified atom stereocenters. The topological polar surface area (TPSA) is 84.8 Å². The number of nitrogens with zero attached hydrogens (tertiary/aromatic N) is 1. The Morgan fingerprint density at radius 3 is 2.07 bits per heavy atom. The second kappa shape index (κ2) is 8.55. The minimum atomic E-state index is -0.596. The molecule has 0 amide bonds. The quantitative estimate of drug-likeness (QED) is 0.522. The Morgan fingerprint density at radius 1 is 0.793 bits per heavy atom. The normalized spacial score (nSPS) is 14.3. The van der Waals surface area contributed by atoms with E-state index in [1.165, 1.54) is 28.4 Å². The number of hydrogen-bond acceptors (Lipinski definition) is 8. The number of esters is 1. The Balaban J connectivity index is 2.06. The van der Waals surface area contributed by atoms with Gasteiger partial charge in [0, 0.05) is 11.6 Å². The molecule has 0 spiro atoms. The van der Waals surface area contributed by atoms with Crippen LogP contribution in [-0.4, -0.2) is 47.4 Å². The van der Waals surface area contributed by atoms with Gasteiger partial charge in [-0.05, 0) is 30.3 Å². The second-order valence-corrected chi connectivity index (χ2v) is 5.85. The van der Waals surface area contributed by atoms with Crippen molar-refractivity contribution >= 4 is 17.9 Å². The first-order valence-electron chi connectivity index (χ1n) is 8.59. The van der Waals surface area contributed by atoms with Crippen molar-refractivity contribution in [3.05, 3.63) is 47.2 Å². The Bertz CT molecular complexity index is 995. The van der Waals surface area contributed by atoms with Gasteiger partial charge in [-0.15, -0.1) is 0 Å². The molecule has 0 atom stereocenters. The molecule has 0 fully saturated rings. The van der Waals surface area contributed by atoms with Crippen LogP contribution in [0, 0.1) is 0 Å². The van der Waals surface area contributed by atoms with Gasteiger partial charge in [-0.3, -0.25) is 0 Å². The third kappa shape index (κ3) is 3.96. The summed E-state index contributed by atoms with van der Waals surface area (Å²) in [4.78, 5) is 16.8. The Labute approximate surface area is 168 Å². The minimum absolute atomic E-state index is 0.107. The lowest BCUT2D eigenvalue weighted by atomic mass is 10.1. The third-order valence-corrected chi connectivity index (χ3v) is 4.29. The third-order valence-electron chi connectivity index (χ3n) is 4.29. The van der Waals surface area contributed by atoms with Crippen molar-refractivity contribution in [2.75, 3.05) is 35.5 Å². The van der Waals surface area contributed by atoms with E-state index in [0.29, 0.717) is 39.9 Å². The molecule has 29 heavy (non-hydrogen) atoms. The summed E-state index contributed by atoms with van der Waals surface area (Å²) in [5.41, 5.74) is 1.19. The van der Waals surface area contributed by atoms with E-state index in [4.69, 9.17) is 28.4 Å². The highest BCUT2D eigenvalue weighted by atomic mass is 16.6. The van der Waals surface area contributed by atoms with Gasteiger partial charge in [0.1, 0.15) is 17.2 Å². The maximum absolute atomic E-state index is 12.4. The van der Waals surface area contributed by atoms with Crippen LogP contribution in [0.25, 0.3) is 6.08 Å². The van der Waals surface area contributed by atoms with Gasteiger partial charge < -0.3 is 28.4 Å². The largest absolute Gasteiger partial charge is 0.497 e. The number of methoxy groups -OCH3 is 5. The number of aliphatic imine (C=N–C) groups is 1. The van der Waals surface area contributed by atoms with E-state index < -0.39 is 5.97 Å². The molecule has 0 saturated carbocycles. The molecule has 2 aromatic carbocycles. The zero-order valence-corrected chi connectivity index (χ0v) is 16.8. The lowest BCUT2D eigenvalue weighted by Crippen LogP contribution is -2.07. The molecule has 0 aromatic heterocycles. The van der Waals surface area contributed by atoms with Crippen LogP contribution in [0.1, 0.15) is 11.1 Å². The van der Waals surface area contributed by atoms with Crippen molar-refractivity contribution in [2.24, 2.45) is 4.99 Å². The average Bonchev–Trinajstić information content (AvgIpc) is 3.12. The van der Waals surface area contributed by atoms with Crippen LogP contribution >= 0.6 is 0 Å². The lowest BCUT2D eigenvalue weighted by Gasteiger charge is -2.12. The highest BCUT2D eigenvalue weighted by molar-refractivity contribution is 6.14. The maximum Gasteiger partial charge on any atom is 0.363 e. The van der Waals surface area contributed by atoms with E-state index in [-0.39, 0.29) is 11.6 Å². The van der Waals surface area contributed by atoms with Crippen molar-refractivity contribution < 1.29 is 33.2 Å². The maximum atomic E-state index is 12.4. The van der Waals surface area contributed by atoms with Gasteiger partial charge >= 0.3 is 5.97 Å². The first-order chi connectivity index (χ1) is 14.0. The molecule has 1 aliphatic rings. The number of rotatable bonds is 7. The predicted octanol–water partition coefficient (Wildman–Crippen LogP) is 3.07. The molecule has 2 aromatic rings. The molecule has 1 heterocycles. The summed E-state index contributed by atoms with van der Waals surface area (Å²) in [5.74, 6) is 2.10. The first kappa shape index (κ1) is 20.1. The van der Waals surface area contributed by atoms with E-state index in [1.54, 1.807) is 43.5 Å². The minimum Gasteiger partial charge on any atom is -0.497 e. The Kier molecular flexibility index (Phi) is 5.92. The molecule has 0 radical (unpaired) electrons. The Morgan fingerprint density at radius 2 is 1.45 bits per heavy atom. The van der Waals surface area contributed by atoms with E-state index in [0.717, 1.165) is 0 Å². The first-order valence-corrected chi connectivity index (χ1v) is 8.59. The fourth-order valence-corrected chi connectivity index (χ4v) is 2.82. The smallest absolute Gasteiger partial charge is 0.363 e. The molecule has 0 N–H and O–H groups in total. The van der Waals surface area contributed by atoms with Gasteiger partial charge in [-0.25, -0.2) is 9.79 Å². The molecule has 0 saturated heterocycles. The van der Waals surface area contributed by atoms with Gasteiger partial charge in [-0.1, -0.05) is 0 Å². The summed E-state index contributed by atoms with van der Waals surface area (Å²) in [7, 11) is 7.64. The number of hydrogen-bond donors (Lipinski definition) is 0. The molecule has 1 aliphatic heterocycles. The summed E-state index contributed by atoms with van der Waals surface area (Å²) < 4.78 is 31.9. The van der Waals surface area contributed by atoms with Crippen LogP contribution < -0.4 is 23.7 Å². The molecular weight excluding hydrogens is 378 g/mol. The molecule has 3 rings (SSSR count). The van der Waals surface area contributed by atoms with Crippen molar-refractivity contribution in [3.8, 4) is 28.7 Å². The van der Waals surface area contributed by atoms with Crippen LogP contribution in [0.4, 0.5) is 0 Å². The van der Waals surface area contributed by atoms with Gasteiger partial charge in [0.25, 0.3) is 0 Å². The summed E-state index contributed by atoms with van der Waals surface area (Å²) in [6, 6.07) is 8.50. The van der Waals surface area contributed by atoms with Crippen LogP contribution in [0.3, 0.4) is 0 Å². The van der Waals surface area contributed by atoms with Crippen molar-refractivity contribution in [2.45, 2.75) is 0 Å². The van der Waals surface area contributed by atoms with Crippen molar-refractivity contribution in [1.29, 1.82) is 0 Å². The number of carbonyl (C=O) groups is 1. The Hall–Kier alpha value is -3.68. The van der Waals surface area contributed by atoms with E-state index in [9.17, 15) is 4.79 Å². The van der Waals surface area contributed by atoms with E-state index in [2.05, 4.69) is 4.99 Å².